The smallest absolute Gasteiger partial charge is 0.272 e. The van der Waals surface area contributed by atoms with Gasteiger partial charge in [0.1, 0.15) is 5.69 Å². The predicted octanol–water partition coefficient (Wildman–Crippen LogP) is 5.82. The molecule has 8 heteroatoms. The normalized spacial score (nSPS) is 21.1. The van der Waals surface area contributed by atoms with E-state index >= 15 is 0 Å². The summed E-state index contributed by atoms with van der Waals surface area (Å²) in [4.78, 5) is 30.9. The second-order valence-corrected chi connectivity index (χ2v) is 11.7. The molecule has 0 bridgehead atoms. The quantitative estimate of drug-likeness (QED) is 0.323. The number of rotatable bonds is 5. The maximum Gasteiger partial charge on any atom is 0.272 e. The van der Waals surface area contributed by atoms with Gasteiger partial charge in [0, 0.05) is 12.6 Å². The highest BCUT2D eigenvalue weighted by Crippen LogP contribution is 2.42. The first kappa shape index (κ1) is 24.3. The van der Waals surface area contributed by atoms with Gasteiger partial charge in [-0.3, -0.25) is 9.59 Å². The first-order valence-corrected chi connectivity index (χ1v) is 14.7. The van der Waals surface area contributed by atoms with Gasteiger partial charge in [-0.15, -0.1) is 11.3 Å². The number of amides is 2. The molecule has 2 amide bonds. The van der Waals surface area contributed by atoms with Crippen LogP contribution in [0, 0.1) is 0 Å². The molecule has 4 aromatic rings. The monoisotopic (exact) mass is 541 g/mol. The number of benzene rings is 2. The highest BCUT2D eigenvalue weighted by atomic mass is 32.1. The van der Waals surface area contributed by atoms with Crippen LogP contribution >= 0.6 is 11.3 Å². The molecule has 1 atom stereocenters. The van der Waals surface area contributed by atoms with E-state index < -0.39 is 5.54 Å². The fraction of sp³-hybridized carbons (Fsp3) is 0.355. The van der Waals surface area contributed by atoms with Crippen LogP contribution in [0.2, 0.25) is 0 Å². The van der Waals surface area contributed by atoms with Crippen molar-refractivity contribution in [3.05, 3.63) is 82.9 Å². The molecule has 1 aliphatic carbocycles. The molecule has 2 aromatic heterocycles. The number of carbonyl (C=O) groups excluding carboxylic acids is 2. The summed E-state index contributed by atoms with van der Waals surface area (Å²) in [6.07, 6.45) is 6.56. The largest absolute Gasteiger partial charge is 0.454 e. The maximum absolute atomic E-state index is 14.7. The molecule has 1 fully saturated rings. The summed E-state index contributed by atoms with van der Waals surface area (Å²) >= 11 is 1.61. The molecule has 0 spiro atoms. The minimum Gasteiger partial charge on any atom is -0.454 e. The Kier molecular flexibility index (Phi) is 6.07. The summed E-state index contributed by atoms with van der Waals surface area (Å²) < 4.78 is 14.2. The van der Waals surface area contributed by atoms with Crippen LogP contribution < -0.4 is 14.8 Å². The van der Waals surface area contributed by atoms with Gasteiger partial charge in [-0.2, -0.15) is 0 Å². The number of hydrogen-bond donors (Lipinski definition) is 1. The Morgan fingerprint density at radius 2 is 1.77 bits per heavy atom. The summed E-state index contributed by atoms with van der Waals surface area (Å²) in [7, 11) is 0. The van der Waals surface area contributed by atoms with Crippen LogP contribution in [0.1, 0.15) is 60.1 Å². The van der Waals surface area contributed by atoms with Crippen molar-refractivity contribution in [3.8, 4) is 11.5 Å². The Labute approximate surface area is 231 Å². The molecule has 0 radical (unpaired) electrons. The molecule has 7 nitrogen and oxygen atoms in total. The van der Waals surface area contributed by atoms with E-state index in [1.54, 1.807) is 16.2 Å². The first-order chi connectivity index (χ1) is 19.1. The van der Waals surface area contributed by atoms with Gasteiger partial charge in [-0.05, 0) is 53.6 Å². The molecule has 1 saturated carbocycles. The zero-order valence-corrected chi connectivity index (χ0v) is 22.5. The van der Waals surface area contributed by atoms with E-state index in [2.05, 4.69) is 5.32 Å². The molecular weight excluding hydrogens is 510 g/mol. The number of thiophene rings is 1. The molecule has 0 unspecified atom stereocenters. The van der Waals surface area contributed by atoms with E-state index in [0.29, 0.717) is 23.7 Å². The molecule has 2 aromatic carbocycles. The average molecular weight is 542 g/mol. The van der Waals surface area contributed by atoms with Gasteiger partial charge in [-0.25, -0.2) is 0 Å². The summed E-state index contributed by atoms with van der Waals surface area (Å²) in [5.74, 6) is 1.09. The average Bonchev–Trinajstić information content (AvgIpc) is 3.64. The number of nitrogens with one attached hydrogen (secondary N) is 1. The van der Waals surface area contributed by atoms with Crippen molar-refractivity contribution in [2.24, 2.45) is 0 Å². The third-order valence-corrected chi connectivity index (χ3v) is 9.28. The molecule has 1 N–H and O–H groups in total. The van der Waals surface area contributed by atoms with Gasteiger partial charge < -0.3 is 24.3 Å². The van der Waals surface area contributed by atoms with E-state index in [0.717, 1.165) is 47.0 Å². The van der Waals surface area contributed by atoms with Crippen molar-refractivity contribution in [1.82, 2.24) is 14.8 Å². The number of nitrogens with zero attached hydrogens (tertiary/aromatic N) is 2. The van der Waals surface area contributed by atoms with Crippen molar-refractivity contribution in [2.75, 3.05) is 6.79 Å². The van der Waals surface area contributed by atoms with Crippen LogP contribution in [0.15, 0.2) is 66.0 Å². The Bertz CT molecular complexity index is 1540. The molecule has 4 heterocycles. The minimum absolute atomic E-state index is 0.107. The fourth-order valence-corrected chi connectivity index (χ4v) is 7.22. The SMILES string of the molecule is O=C1c2cc3sccc3n2C[C@](C(=O)NC2CCCCCC2)(c2ccccc2)N1Cc1ccc2c(c1)OCO2. The lowest BCUT2D eigenvalue weighted by Crippen LogP contribution is -2.63. The summed E-state index contributed by atoms with van der Waals surface area (Å²) in [6.45, 7) is 0.798. The number of aromatic nitrogens is 1. The van der Waals surface area contributed by atoms with Gasteiger partial charge in [0.25, 0.3) is 11.8 Å². The second kappa shape index (κ2) is 9.75. The van der Waals surface area contributed by atoms with Crippen LogP contribution in [0.3, 0.4) is 0 Å². The minimum atomic E-state index is -1.22. The van der Waals surface area contributed by atoms with Gasteiger partial charge in [0.15, 0.2) is 17.0 Å². The van der Waals surface area contributed by atoms with E-state index in [1.807, 2.05) is 70.6 Å². The van der Waals surface area contributed by atoms with Gasteiger partial charge in [0.2, 0.25) is 6.79 Å². The molecule has 7 rings (SSSR count). The van der Waals surface area contributed by atoms with E-state index in [4.69, 9.17) is 9.47 Å². The second-order valence-electron chi connectivity index (χ2n) is 10.8. The molecule has 200 valence electrons. The molecule has 0 saturated heterocycles. The van der Waals surface area contributed by atoms with Crippen molar-refractivity contribution in [3.63, 3.8) is 0 Å². The topological polar surface area (TPSA) is 72.8 Å². The number of carbonyl (C=O) groups is 2. The molecular formula is C31H31N3O4S. The number of fused-ring (bicyclic) bond motifs is 4. The lowest BCUT2D eigenvalue weighted by atomic mass is 9.83. The summed E-state index contributed by atoms with van der Waals surface area (Å²) in [5, 5.41) is 5.46. The highest BCUT2D eigenvalue weighted by molar-refractivity contribution is 7.17. The number of hydrogen-bond acceptors (Lipinski definition) is 5. The van der Waals surface area contributed by atoms with E-state index in [1.165, 1.54) is 12.8 Å². The third kappa shape index (κ3) is 4.09. The molecule has 3 aliphatic rings. The zero-order chi connectivity index (χ0) is 26.4. The van der Waals surface area contributed by atoms with Crippen molar-refractivity contribution >= 4 is 33.4 Å². The standard InChI is InChI=1S/C31H31N3O4S/c35-29-25-17-28-24(14-15-39-28)33(25)19-31(22-8-4-3-5-9-22,30(36)32-23-10-6-1-2-7-11-23)34(29)18-21-12-13-26-27(16-21)38-20-37-26/h3-5,8-9,12-17,23H,1-2,6-7,10-11,18-20H2,(H,32,36)/t31-/m1/s1. The van der Waals surface area contributed by atoms with Crippen LogP contribution in [-0.4, -0.2) is 34.1 Å². The Morgan fingerprint density at radius 3 is 2.59 bits per heavy atom. The summed E-state index contributed by atoms with van der Waals surface area (Å²) in [6, 6.07) is 19.7. The first-order valence-electron chi connectivity index (χ1n) is 13.8. The van der Waals surface area contributed by atoms with Gasteiger partial charge in [0.05, 0.1) is 16.8 Å². The van der Waals surface area contributed by atoms with E-state index in [9.17, 15) is 9.59 Å². The van der Waals surface area contributed by atoms with Crippen LogP contribution in [0.25, 0.3) is 10.2 Å². The number of ether oxygens (including phenoxy) is 2. The molecule has 2 aliphatic heterocycles. The van der Waals surface area contributed by atoms with Crippen molar-refractivity contribution in [1.29, 1.82) is 0 Å². The van der Waals surface area contributed by atoms with Gasteiger partial charge in [-0.1, -0.05) is 62.1 Å². The lowest BCUT2D eigenvalue weighted by Gasteiger charge is -2.47. The molecule has 39 heavy (non-hydrogen) atoms. The Balaban J connectivity index is 1.37. The Morgan fingerprint density at radius 1 is 0.974 bits per heavy atom. The highest BCUT2D eigenvalue weighted by Gasteiger charge is 2.53. The van der Waals surface area contributed by atoms with Gasteiger partial charge >= 0.3 is 0 Å². The predicted molar refractivity (Wildman–Crippen MR) is 150 cm³/mol. The van der Waals surface area contributed by atoms with Crippen molar-refractivity contribution in [2.45, 2.75) is 63.2 Å². The third-order valence-electron chi connectivity index (χ3n) is 8.43. The van der Waals surface area contributed by atoms with Crippen LogP contribution in [0.5, 0.6) is 11.5 Å². The fourth-order valence-electron chi connectivity index (χ4n) is 6.39. The van der Waals surface area contributed by atoms with Crippen molar-refractivity contribution < 1.29 is 19.1 Å². The zero-order valence-electron chi connectivity index (χ0n) is 21.7. The Hall–Kier alpha value is -3.78. The summed E-state index contributed by atoms with van der Waals surface area (Å²) in [5.41, 5.74) is 2.09. The van der Waals surface area contributed by atoms with Crippen LogP contribution in [0.4, 0.5) is 0 Å². The van der Waals surface area contributed by atoms with E-state index in [-0.39, 0.29) is 31.2 Å². The lowest BCUT2D eigenvalue weighted by molar-refractivity contribution is -0.136. The van der Waals surface area contributed by atoms with Crippen LogP contribution in [-0.2, 0) is 23.4 Å². The maximum atomic E-state index is 14.7.